The number of aryl methyl sites for hydroxylation is 1. The molecule has 1 nitrogen and oxygen atoms in total. The number of halogens is 4. The quantitative estimate of drug-likeness (QED) is 0.694. The topological polar surface area (TPSA) is 9.23 Å². The molecule has 1 aromatic carbocycles. The van der Waals surface area contributed by atoms with Crippen molar-refractivity contribution in [3.8, 4) is 0 Å². The molecule has 0 aromatic heterocycles. The van der Waals surface area contributed by atoms with E-state index in [4.69, 9.17) is 4.74 Å². The molecule has 0 amide bonds. The van der Waals surface area contributed by atoms with Crippen molar-refractivity contribution in [3.05, 3.63) is 40.7 Å². The van der Waals surface area contributed by atoms with Crippen molar-refractivity contribution in [3.63, 3.8) is 0 Å². The van der Waals surface area contributed by atoms with Crippen LogP contribution >= 0.6 is 0 Å². The Balaban J connectivity index is 2.54. The minimum atomic E-state index is -4.68. The number of ether oxygens (including phenoxy) is 1. The Kier molecular flexibility index (Phi) is 3.43. The summed E-state index contributed by atoms with van der Waals surface area (Å²) in [4.78, 5) is 0. The van der Waals surface area contributed by atoms with Crippen LogP contribution in [0.1, 0.15) is 23.1 Å². The molecule has 98 valence electrons. The average Bonchev–Trinajstić information content (AvgIpc) is 2.28. The number of hydrogen-bond acceptors (Lipinski definition) is 1. The van der Waals surface area contributed by atoms with Gasteiger partial charge >= 0.3 is 6.18 Å². The molecule has 0 atom stereocenters. The Labute approximate surface area is 102 Å². The van der Waals surface area contributed by atoms with Crippen LogP contribution in [0, 0.1) is 12.7 Å². The van der Waals surface area contributed by atoms with Gasteiger partial charge in [0.2, 0.25) is 0 Å². The maximum absolute atomic E-state index is 14.0. The fourth-order valence-electron chi connectivity index (χ4n) is 2.01. The zero-order valence-corrected chi connectivity index (χ0v) is 9.77. The molecular formula is C13H12F4O. The molecule has 0 saturated carbocycles. The Morgan fingerprint density at radius 1 is 1.22 bits per heavy atom. The Bertz CT molecular complexity index is 488. The predicted molar refractivity (Wildman–Crippen MR) is 59.6 cm³/mol. The molecule has 0 radical (unpaired) electrons. The molecule has 0 aliphatic carbocycles. The average molecular weight is 260 g/mol. The Morgan fingerprint density at radius 2 is 1.94 bits per heavy atom. The summed E-state index contributed by atoms with van der Waals surface area (Å²) in [5.74, 6) is -1.21. The third-order valence-corrected chi connectivity index (χ3v) is 2.89. The van der Waals surface area contributed by atoms with Gasteiger partial charge in [0.15, 0.2) is 0 Å². The predicted octanol–water partition coefficient (Wildman–Crippen LogP) is 3.96. The van der Waals surface area contributed by atoms with Crippen LogP contribution in [0.15, 0.2) is 18.2 Å². The molecule has 0 unspecified atom stereocenters. The summed E-state index contributed by atoms with van der Waals surface area (Å²) in [7, 11) is 0. The molecule has 0 spiro atoms. The molecule has 0 fully saturated rings. The molecule has 1 aliphatic heterocycles. The molecule has 1 aromatic rings. The largest absolute Gasteiger partial charge is 0.419 e. The summed E-state index contributed by atoms with van der Waals surface area (Å²) in [6.07, 6.45) is -2.37. The van der Waals surface area contributed by atoms with Gasteiger partial charge in [-0.2, -0.15) is 13.2 Å². The van der Waals surface area contributed by atoms with E-state index in [1.54, 1.807) is 6.08 Å². The first-order chi connectivity index (χ1) is 8.41. The van der Waals surface area contributed by atoms with Crippen LogP contribution in [0.2, 0.25) is 0 Å². The second-order valence-electron chi connectivity index (χ2n) is 4.19. The van der Waals surface area contributed by atoms with Crippen LogP contribution in [-0.4, -0.2) is 13.2 Å². The monoisotopic (exact) mass is 260 g/mol. The molecule has 5 heteroatoms. The van der Waals surface area contributed by atoms with Crippen LogP contribution < -0.4 is 0 Å². The van der Waals surface area contributed by atoms with Crippen molar-refractivity contribution < 1.29 is 22.3 Å². The van der Waals surface area contributed by atoms with Crippen molar-refractivity contribution in [1.82, 2.24) is 0 Å². The van der Waals surface area contributed by atoms with E-state index in [2.05, 4.69) is 0 Å². The van der Waals surface area contributed by atoms with Gasteiger partial charge in [-0.3, -0.25) is 0 Å². The lowest BCUT2D eigenvalue weighted by molar-refractivity contribution is -0.140. The molecule has 0 N–H and O–H groups in total. The third kappa shape index (κ3) is 2.41. The number of rotatable bonds is 1. The summed E-state index contributed by atoms with van der Waals surface area (Å²) in [6, 6.07) is 2.66. The van der Waals surface area contributed by atoms with Gasteiger partial charge < -0.3 is 4.74 Å². The summed E-state index contributed by atoms with van der Waals surface area (Å²) in [5, 5.41) is 0. The second-order valence-corrected chi connectivity index (χ2v) is 4.19. The highest BCUT2D eigenvalue weighted by atomic mass is 19.4. The number of hydrogen-bond donors (Lipinski definition) is 0. The zero-order valence-electron chi connectivity index (χ0n) is 9.77. The van der Waals surface area contributed by atoms with Gasteiger partial charge in [0.1, 0.15) is 5.82 Å². The molecule has 1 heterocycles. The molecular weight excluding hydrogens is 248 g/mol. The lowest BCUT2D eigenvalue weighted by Crippen LogP contribution is -2.14. The maximum Gasteiger partial charge on any atom is 0.419 e. The van der Waals surface area contributed by atoms with E-state index in [0.717, 1.165) is 0 Å². The van der Waals surface area contributed by atoms with E-state index in [1.165, 1.54) is 19.1 Å². The van der Waals surface area contributed by atoms with E-state index in [9.17, 15) is 17.6 Å². The highest BCUT2D eigenvalue weighted by Gasteiger charge is 2.37. The summed E-state index contributed by atoms with van der Waals surface area (Å²) in [6.45, 7) is 1.92. The van der Waals surface area contributed by atoms with E-state index < -0.39 is 17.6 Å². The molecule has 0 saturated heterocycles. The fourth-order valence-corrected chi connectivity index (χ4v) is 2.01. The lowest BCUT2D eigenvalue weighted by atomic mass is 9.97. The highest BCUT2D eigenvalue weighted by Crippen LogP contribution is 2.37. The number of benzene rings is 1. The Morgan fingerprint density at radius 3 is 2.50 bits per heavy atom. The van der Waals surface area contributed by atoms with E-state index in [0.29, 0.717) is 18.6 Å². The highest BCUT2D eigenvalue weighted by molar-refractivity contribution is 5.68. The van der Waals surface area contributed by atoms with Gasteiger partial charge in [0.05, 0.1) is 18.8 Å². The second kappa shape index (κ2) is 4.72. The zero-order chi connectivity index (χ0) is 13.3. The van der Waals surface area contributed by atoms with Crippen LogP contribution in [0.25, 0.3) is 5.57 Å². The minimum absolute atomic E-state index is 0.0207. The fraction of sp³-hybridized carbons (Fsp3) is 0.385. The van der Waals surface area contributed by atoms with Crippen molar-refractivity contribution >= 4 is 5.57 Å². The molecule has 1 aliphatic rings. The van der Waals surface area contributed by atoms with Gasteiger partial charge in [-0.15, -0.1) is 0 Å². The van der Waals surface area contributed by atoms with Gasteiger partial charge in [0.25, 0.3) is 0 Å². The maximum atomic E-state index is 14.0. The standard InChI is InChI=1S/C13H12F4O/c1-8-4-5-10(9-3-2-6-18-7-9)12(14)11(8)13(15,16)17/h3-5H,2,6-7H2,1H3. The first-order valence-corrected chi connectivity index (χ1v) is 5.54. The summed E-state index contributed by atoms with van der Waals surface area (Å²) in [5.41, 5.74) is -0.843. The van der Waals surface area contributed by atoms with Crippen molar-refractivity contribution in [2.75, 3.05) is 13.2 Å². The molecule has 2 rings (SSSR count). The normalized spacial score (nSPS) is 16.6. The van der Waals surface area contributed by atoms with Crippen LogP contribution in [-0.2, 0) is 10.9 Å². The van der Waals surface area contributed by atoms with Crippen molar-refractivity contribution in [1.29, 1.82) is 0 Å². The summed E-state index contributed by atoms with van der Waals surface area (Å²) >= 11 is 0. The smallest absolute Gasteiger partial charge is 0.376 e. The van der Waals surface area contributed by atoms with Crippen LogP contribution in [0.3, 0.4) is 0 Å². The van der Waals surface area contributed by atoms with Gasteiger partial charge in [0, 0.05) is 5.56 Å². The Hall–Kier alpha value is -1.36. The van der Waals surface area contributed by atoms with Gasteiger partial charge in [-0.1, -0.05) is 18.2 Å². The first-order valence-electron chi connectivity index (χ1n) is 5.54. The third-order valence-electron chi connectivity index (χ3n) is 2.89. The SMILES string of the molecule is Cc1ccc(C2=CCCOC2)c(F)c1C(F)(F)F. The van der Waals surface area contributed by atoms with E-state index >= 15 is 0 Å². The minimum Gasteiger partial charge on any atom is -0.376 e. The van der Waals surface area contributed by atoms with Gasteiger partial charge in [-0.05, 0) is 24.5 Å². The first kappa shape index (κ1) is 13.1. The van der Waals surface area contributed by atoms with Crippen molar-refractivity contribution in [2.45, 2.75) is 19.5 Å². The lowest BCUT2D eigenvalue weighted by Gasteiger charge is -2.18. The molecule has 0 bridgehead atoms. The van der Waals surface area contributed by atoms with Crippen LogP contribution in [0.4, 0.5) is 17.6 Å². The van der Waals surface area contributed by atoms with Crippen molar-refractivity contribution in [2.24, 2.45) is 0 Å². The van der Waals surface area contributed by atoms with Crippen LogP contribution in [0.5, 0.6) is 0 Å². The van der Waals surface area contributed by atoms with E-state index in [1.807, 2.05) is 0 Å². The van der Waals surface area contributed by atoms with Gasteiger partial charge in [-0.25, -0.2) is 4.39 Å². The summed E-state index contributed by atoms with van der Waals surface area (Å²) < 4.78 is 57.4. The molecule has 18 heavy (non-hydrogen) atoms. The number of alkyl halides is 3. The van der Waals surface area contributed by atoms with E-state index in [-0.39, 0.29) is 17.7 Å².